The van der Waals surface area contributed by atoms with Gasteiger partial charge in [0, 0.05) is 14.5 Å². The third kappa shape index (κ3) is 4.63. The van der Waals surface area contributed by atoms with E-state index in [1.807, 2.05) is 6.92 Å². The predicted molar refractivity (Wildman–Crippen MR) is 96.1 cm³/mol. The molecule has 2 aromatic rings. The number of carbonyl (C=O) groups excluding carboxylic acids is 1. The van der Waals surface area contributed by atoms with Crippen LogP contribution >= 0.6 is 39.1 Å². The number of rotatable bonds is 5. The molecule has 0 unspecified atom stereocenters. The van der Waals surface area contributed by atoms with Crippen molar-refractivity contribution in [2.75, 3.05) is 6.61 Å². The normalized spacial score (nSPS) is 10.5. The van der Waals surface area contributed by atoms with Crippen LogP contribution in [0.5, 0.6) is 11.5 Å². The molecule has 6 heteroatoms. The number of ether oxygens (including phenoxy) is 2. The fraction of sp³-hybridized carbons (Fsp3) is 0.235. The van der Waals surface area contributed by atoms with Crippen molar-refractivity contribution >= 4 is 45.1 Å². The lowest BCUT2D eigenvalue weighted by Crippen LogP contribution is -2.11. The molecule has 0 heterocycles. The third-order valence-electron chi connectivity index (χ3n) is 3.09. The topological polar surface area (TPSA) is 35.5 Å². The zero-order chi connectivity index (χ0) is 17.0. The van der Waals surface area contributed by atoms with E-state index in [4.69, 9.17) is 32.7 Å². The van der Waals surface area contributed by atoms with Gasteiger partial charge in [0.15, 0.2) is 0 Å². The quantitative estimate of drug-likeness (QED) is 0.437. The summed E-state index contributed by atoms with van der Waals surface area (Å²) in [6.45, 7) is 4.30. The molecule has 0 atom stereocenters. The van der Waals surface area contributed by atoms with Gasteiger partial charge >= 0.3 is 5.97 Å². The first-order valence-corrected chi connectivity index (χ1v) is 8.57. The number of benzene rings is 2. The average Bonchev–Trinajstić information content (AvgIpc) is 2.51. The van der Waals surface area contributed by atoms with Gasteiger partial charge in [-0.25, -0.2) is 4.79 Å². The average molecular weight is 418 g/mol. The second-order valence-corrected chi connectivity index (χ2v) is 6.62. The molecular weight excluding hydrogens is 403 g/mol. The maximum atomic E-state index is 12.4. The number of halogens is 3. The molecule has 0 N–H and O–H groups in total. The summed E-state index contributed by atoms with van der Waals surface area (Å²) < 4.78 is 11.7. The van der Waals surface area contributed by atoms with Crippen LogP contribution in [-0.2, 0) is 0 Å². The van der Waals surface area contributed by atoms with Crippen molar-refractivity contribution in [2.45, 2.75) is 20.3 Å². The van der Waals surface area contributed by atoms with Gasteiger partial charge in [0.1, 0.15) is 17.1 Å². The van der Waals surface area contributed by atoms with E-state index in [0.29, 0.717) is 28.0 Å². The fourth-order valence-corrected chi connectivity index (χ4v) is 2.67. The van der Waals surface area contributed by atoms with Gasteiger partial charge in [-0.3, -0.25) is 0 Å². The largest absolute Gasteiger partial charge is 0.493 e. The van der Waals surface area contributed by atoms with Crippen LogP contribution in [-0.4, -0.2) is 12.6 Å². The summed E-state index contributed by atoms with van der Waals surface area (Å²) in [5.74, 6) is 0.231. The lowest BCUT2D eigenvalue weighted by atomic mass is 10.2. The van der Waals surface area contributed by atoms with E-state index in [1.54, 1.807) is 37.3 Å². The Morgan fingerprint density at radius 2 is 1.83 bits per heavy atom. The highest BCUT2D eigenvalue weighted by Gasteiger charge is 2.17. The number of carbonyl (C=O) groups is 1. The molecule has 0 aliphatic rings. The Kier molecular flexibility index (Phi) is 6.33. The minimum Gasteiger partial charge on any atom is -0.493 e. The molecule has 0 saturated heterocycles. The minimum atomic E-state index is -0.534. The van der Waals surface area contributed by atoms with E-state index < -0.39 is 5.97 Å². The molecule has 2 aromatic carbocycles. The molecule has 23 heavy (non-hydrogen) atoms. The van der Waals surface area contributed by atoms with Gasteiger partial charge in [-0.15, -0.1) is 0 Å². The SMILES string of the molecule is CCCOc1ccc(Br)cc1C(=O)Oc1cc(Cl)c(C)c(Cl)c1. The molecular formula is C17H15BrCl2O3. The molecule has 122 valence electrons. The lowest BCUT2D eigenvalue weighted by Gasteiger charge is -2.12. The smallest absolute Gasteiger partial charge is 0.347 e. The molecule has 3 nitrogen and oxygen atoms in total. The summed E-state index contributed by atoms with van der Waals surface area (Å²) in [7, 11) is 0. The summed E-state index contributed by atoms with van der Waals surface area (Å²) in [4.78, 5) is 12.4. The van der Waals surface area contributed by atoms with Crippen molar-refractivity contribution in [3.63, 3.8) is 0 Å². The van der Waals surface area contributed by atoms with E-state index >= 15 is 0 Å². The fourth-order valence-electron chi connectivity index (χ4n) is 1.84. The maximum absolute atomic E-state index is 12.4. The van der Waals surface area contributed by atoms with Crippen LogP contribution in [0, 0.1) is 6.92 Å². The van der Waals surface area contributed by atoms with E-state index in [9.17, 15) is 4.79 Å². The van der Waals surface area contributed by atoms with E-state index in [1.165, 1.54) is 0 Å². The van der Waals surface area contributed by atoms with Crippen LogP contribution in [0.15, 0.2) is 34.8 Å². The Morgan fingerprint density at radius 1 is 1.17 bits per heavy atom. The van der Waals surface area contributed by atoms with Gasteiger partial charge in [0.25, 0.3) is 0 Å². The number of esters is 1. The molecule has 0 radical (unpaired) electrons. The monoisotopic (exact) mass is 416 g/mol. The van der Waals surface area contributed by atoms with Crippen LogP contribution in [0.25, 0.3) is 0 Å². The first-order chi connectivity index (χ1) is 10.9. The molecule has 0 bridgehead atoms. The van der Waals surface area contributed by atoms with Gasteiger partial charge < -0.3 is 9.47 Å². The Bertz CT molecular complexity index is 709. The van der Waals surface area contributed by atoms with Gasteiger partial charge in [0.2, 0.25) is 0 Å². The molecule has 0 amide bonds. The highest BCUT2D eigenvalue weighted by atomic mass is 79.9. The number of hydrogen-bond acceptors (Lipinski definition) is 3. The summed E-state index contributed by atoms with van der Waals surface area (Å²) in [5, 5.41) is 0.883. The van der Waals surface area contributed by atoms with Crippen molar-refractivity contribution in [3.05, 3.63) is 56.0 Å². The van der Waals surface area contributed by atoms with E-state index in [0.717, 1.165) is 16.5 Å². The molecule has 0 spiro atoms. The highest BCUT2D eigenvalue weighted by Crippen LogP contribution is 2.31. The molecule has 2 rings (SSSR count). The van der Waals surface area contributed by atoms with Crippen LogP contribution < -0.4 is 9.47 Å². The lowest BCUT2D eigenvalue weighted by molar-refractivity contribution is 0.0730. The molecule has 0 saturated carbocycles. The summed E-state index contributed by atoms with van der Waals surface area (Å²) in [6.07, 6.45) is 0.841. The molecule has 0 fully saturated rings. The van der Waals surface area contributed by atoms with Crippen molar-refractivity contribution < 1.29 is 14.3 Å². The molecule has 0 aliphatic heterocycles. The summed E-state index contributed by atoms with van der Waals surface area (Å²) in [5.41, 5.74) is 1.07. The van der Waals surface area contributed by atoms with Gasteiger partial charge in [0.05, 0.1) is 6.61 Å². The van der Waals surface area contributed by atoms with Crippen molar-refractivity contribution in [2.24, 2.45) is 0 Å². The van der Waals surface area contributed by atoms with Gasteiger partial charge in [-0.2, -0.15) is 0 Å². The Morgan fingerprint density at radius 3 is 2.43 bits per heavy atom. The molecule has 0 aromatic heterocycles. The zero-order valence-electron chi connectivity index (χ0n) is 12.7. The highest BCUT2D eigenvalue weighted by molar-refractivity contribution is 9.10. The second-order valence-electron chi connectivity index (χ2n) is 4.89. The van der Waals surface area contributed by atoms with Crippen LogP contribution in [0.3, 0.4) is 0 Å². The Labute approximate surface area is 153 Å². The summed E-state index contributed by atoms with van der Waals surface area (Å²) >= 11 is 15.5. The predicted octanol–water partition coefficient (Wildman–Crippen LogP) is 6.07. The minimum absolute atomic E-state index is 0.289. The van der Waals surface area contributed by atoms with E-state index in [-0.39, 0.29) is 5.75 Å². The number of hydrogen-bond donors (Lipinski definition) is 0. The molecule has 0 aliphatic carbocycles. The Balaban J connectivity index is 2.28. The van der Waals surface area contributed by atoms with Gasteiger partial charge in [-0.1, -0.05) is 46.1 Å². The van der Waals surface area contributed by atoms with Crippen molar-refractivity contribution in [1.82, 2.24) is 0 Å². The van der Waals surface area contributed by atoms with E-state index in [2.05, 4.69) is 15.9 Å². The van der Waals surface area contributed by atoms with Crippen LogP contribution in [0.2, 0.25) is 10.0 Å². The second kappa shape index (κ2) is 8.04. The van der Waals surface area contributed by atoms with Crippen molar-refractivity contribution in [3.8, 4) is 11.5 Å². The Hall–Kier alpha value is -1.23. The van der Waals surface area contributed by atoms with Crippen LogP contribution in [0.4, 0.5) is 0 Å². The maximum Gasteiger partial charge on any atom is 0.347 e. The third-order valence-corrected chi connectivity index (χ3v) is 4.37. The van der Waals surface area contributed by atoms with Crippen LogP contribution in [0.1, 0.15) is 29.3 Å². The summed E-state index contributed by atoms with van der Waals surface area (Å²) in [6, 6.07) is 8.31. The first-order valence-electron chi connectivity index (χ1n) is 7.02. The first kappa shape index (κ1) is 18.1. The van der Waals surface area contributed by atoms with Gasteiger partial charge in [-0.05, 0) is 49.2 Å². The standard InChI is InChI=1S/C17H15BrCl2O3/c1-3-6-22-16-5-4-11(18)7-13(16)17(21)23-12-8-14(19)10(2)15(20)9-12/h4-5,7-9H,3,6H2,1-2H3. The zero-order valence-corrected chi connectivity index (χ0v) is 15.8. The van der Waals surface area contributed by atoms with Crippen molar-refractivity contribution in [1.29, 1.82) is 0 Å².